The molecule has 0 unspecified atom stereocenters. The van der Waals surface area contributed by atoms with E-state index in [0.29, 0.717) is 16.5 Å². The van der Waals surface area contributed by atoms with Gasteiger partial charge in [-0.25, -0.2) is 0 Å². The van der Waals surface area contributed by atoms with Gasteiger partial charge in [-0.1, -0.05) is 23.4 Å². The summed E-state index contributed by atoms with van der Waals surface area (Å²) in [6.45, 7) is 1.77. The number of hydrogen-bond donors (Lipinski definition) is 1. The zero-order valence-electron chi connectivity index (χ0n) is 9.80. The maximum absolute atomic E-state index is 11.9. The highest BCUT2D eigenvalue weighted by Crippen LogP contribution is 2.31. The summed E-state index contributed by atoms with van der Waals surface area (Å²) in [6.07, 6.45) is 0. The van der Waals surface area contributed by atoms with Gasteiger partial charge in [-0.3, -0.25) is 4.79 Å². The summed E-state index contributed by atoms with van der Waals surface area (Å²) >= 11 is 6.18. The van der Waals surface area contributed by atoms with Crippen molar-refractivity contribution in [1.82, 2.24) is 0 Å². The van der Waals surface area contributed by atoms with Gasteiger partial charge in [0.15, 0.2) is 0 Å². The number of anilines is 1. The molecule has 3 nitrogen and oxygen atoms in total. The van der Waals surface area contributed by atoms with Gasteiger partial charge in [0.1, 0.15) is 5.75 Å². The maximum Gasteiger partial charge on any atom is 0.285 e. The Morgan fingerprint density at radius 3 is 2.78 bits per heavy atom. The highest BCUT2D eigenvalue weighted by Gasteiger charge is 2.12. The van der Waals surface area contributed by atoms with Crippen LogP contribution in [-0.4, -0.2) is 24.5 Å². The van der Waals surface area contributed by atoms with Gasteiger partial charge in [-0.2, -0.15) is 8.78 Å². The molecule has 0 aliphatic heterocycles. The van der Waals surface area contributed by atoms with E-state index in [-0.39, 0.29) is 17.5 Å². The Morgan fingerprint density at radius 1 is 1.56 bits per heavy atom. The zero-order chi connectivity index (χ0) is 13.7. The van der Waals surface area contributed by atoms with Crippen molar-refractivity contribution in [2.75, 3.05) is 18.2 Å². The van der Waals surface area contributed by atoms with Crippen molar-refractivity contribution in [3.8, 4) is 5.75 Å². The van der Waals surface area contributed by atoms with Crippen LogP contribution in [0.5, 0.6) is 5.75 Å². The molecule has 1 aromatic rings. The van der Waals surface area contributed by atoms with Crippen molar-refractivity contribution in [3.05, 3.63) is 22.7 Å². The van der Waals surface area contributed by atoms with Gasteiger partial charge in [0.25, 0.3) is 5.76 Å². The lowest BCUT2D eigenvalue weighted by atomic mass is 10.2. The molecule has 0 bridgehead atoms. The van der Waals surface area contributed by atoms with Crippen LogP contribution in [0.1, 0.15) is 5.56 Å². The Kier molecular flexibility index (Phi) is 5.68. The first-order valence-corrected chi connectivity index (χ1v) is 6.40. The van der Waals surface area contributed by atoms with E-state index in [2.05, 4.69) is 5.32 Å². The van der Waals surface area contributed by atoms with Crippen molar-refractivity contribution in [1.29, 1.82) is 0 Å². The van der Waals surface area contributed by atoms with Gasteiger partial charge < -0.3 is 10.1 Å². The van der Waals surface area contributed by atoms with Crippen molar-refractivity contribution in [2.45, 2.75) is 12.7 Å². The SMILES string of the molecule is COc1cc(Cl)c(C)cc1NC(=O)CSC(F)F. The number of ether oxygens (including phenoxy) is 1. The molecule has 1 N–H and O–H groups in total. The van der Waals surface area contributed by atoms with E-state index in [1.165, 1.54) is 7.11 Å². The number of carbonyl (C=O) groups is 1. The van der Waals surface area contributed by atoms with Crippen molar-refractivity contribution in [3.63, 3.8) is 0 Å². The monoisotopic (exact) mass is 295 g/mol. The molecule has 100 valence electrons. The minimum absolute atomic E-state index is 0.267. The minimum Gasteiger partial charge on any atom is -0.495 e. The van der Waals surface area contributed by atoms with Crippen LogP contribution in [0.15, 0.2) is 12.1 Å². The summed E-state index contributed by atoms with van der Waals surface area (Å²) in [5.74, 6) is -3.01. The van der Waals surface area contributed by atoms with Crippen LogP contribution in [-0.2, 0) is 4.79 Å². The number of carbonyl (C=O) groups excluding carboxylic acids is 1. The molecule has 7 heteroatoms. The van der Waals surface area contributed by atoms with E-state index in [9.17, 15) is 13.6 Å². The summed E-state index contributed by atoms with van der Waals surface area (Å²) in [6, 6.07) is 3.19. The normalized spacial score (nSPS) is 10.6. The van der Waals surface area contributed by atoms with Crippen molar-refractivity contribution in [2.24, 2.45) is 0 Å². The fourth-order valence-corrected chi connectivity index (χ4v) is 1.76. The largest absolute Gasteiger partial charge is 0.495 e. The van der Waals surface area contributed by atoms with Gasteiger partial charge >= 0.3 is 0 Å². The van der Waals surface area contributed by atoms with Crippen LogP contribution in [0.3, 0.4) is 0 Å². The summed E-state index contributed by atoms with van der Waals surface area (Å²) in [5.41, 5.74) is 1.17. The predicted octanol–water partition coefficient (Wildman–Crippen LogP) is 3.55. The quantitative estimate of drug-likeness (QED) is 0.903. The summed E-state index contributed by atoms with van der Waals surface area (Å²) < 4.78 is 28.9. The van der Waals surface area contributed by atoms with Crippen LogP contribution in [0.2, 0.25) is 5.02 Å². The molecule has 0 aliphatic rings. The van der Waals surface area contributed by atoms with E-state index < -0.39 is 11.7 Å². The van der Waals surface area contributed by atoms with E-state index >= 15 is 0 Å². The van der Waals surface area contributed by atoms with Gasteiger partial charge in [0.05, 0.1) is 18.6 Å². The molecular formula is C11H12ClF2NO2S. The highest BCUT2D eigenvalue weighted by molar-refractivity contribution is 8.00. The standard InChI is InChI=1S/C11H12ClF2NO2S/c1-6-3-8(9(17-2)4-7(6)12)15-10(16)5-18-11(13)14/h3-4,11H,5H2,1-2H3,(H,15,16). The lowest BCUT2D eigenvalue weighted by Crippen LogP contribution is -2.15. The van der Waals surface area contributed by atoms with E-state index in [0.717, 1.165) is 5.56 Å². The second-order valence-corrected chi connectivity index (χ2v) is 4.81. The maximum atomic E-state index is 11.9. The van der Waals surface area contributed by atoms with Gasteiger partial charge in [0, 0.05) is 11.1 Å². The third-order valence-corrected chi connectivity index (χ3v) is 3.18. The molecule has 0 heterocycles. The Hall–Kier alpha value is -1.01. The lowest BCUT2D eigenvalue weighted by molar-refractivity contribution is -0.113. The van der Waals surface area contributed by atoms with E-state index in [1.54, 1.807) is 19.1 Å². The van der Waals surface area contributed by atoms with E-state index in [1.807, 2.05) is 0 Å². The fraction of sp³-hybridized carbons (Fsp3) is 0.364. The van der Waals surface area contributed by atoms with Crippen LogP contribution in [0, 0.1) is 6.92 Å². The molecule has 0 aliphatic carbocycles. The number of halogens is 3. The average molecular weight is 296 g/mol. The molecule has 0 saturated carbocycles. The number of nitrogens with one attached hydrogen (secondary N) is 1. The Bertz CT molecular complexity index is 443. The number of benzene rings is 1. The van der Waals surface area contributed by atoms with Crippen LogP contribution >= 0.6 is 23.4 Å². The molecule has 18 heavy (non-hydrogen) atoms. The van der Waals surface area contributed by atoms with Crippen LogP contribution in [0.4, 0.5) is 14.5 Å². The molecule has 1 aromatic carbocycles. The number of thioether (sulfide) groups is 1. The third kappa shape index (κ3) is 4.34. The van der Waals surface area contributed by atoms with Gasteiger partial charge in [-0.15, -0.1) is 0 Å². The molecule has 0 atom stereocenters. The highest BCUT2D eigenvalue weighted by atomic mass is 35.5. The van der Waals surface area contributed by atoms with Gasteiger partial charge in [0.2, 0.25) is 5.91 Å². The zero-order valence-corrected chi connectivity index (χ0v) is 11.4. The first-order valence-electron chi connectivity index (χ1n) is 4.97. The van der Waals surface area contributed by atoms with Crippen molar-refractivity contribution >= 4 is 35.0 Å². The number of methoxy groups -OCH3 is 1. The third-order valence-electron chi connectivity index (χ3n) is 2.10. The lowest BCUT2D eigenvalue weighted by Gasteiger charge is -2.12. The Morgan fingerprint density at radius 2 is 2.22 bits per heavy atom. The summed E-state index contributed by atoms with van der Waals surface area (Å²) in [5, 5.41) is 3.01. The summed E-state index contributed by atoms with van der Waals surface area (Å²) in [4.78, 5) is 11.4. The van der Waals surface area contributed by atoms with Crippen LogP contribution in [0.25, 0.3) is 0 Å². The number of alkyl halides is 2. The molecular weight excluding hydrogens is 284 g/mol. The molecule has 0 fully saturated rings. The average Bonchev–Trinajstić information content (AvgIpc) is 2.31. The molecule has 1 amide bonds. The molecule has 0 aromatic heterocycles. The minimum atomic E-state index is -2.57. The van der Waals surface area contributed by atoms with Crippen LogP contribution < -0.4 is 10.1 Å². The second kappa shape index (κ2) is 6.80. The number of rotatable bonds is 5. The second-order valence-electron chi connectivity index (χ2n) is 3.42. The topological polar surface area (TPSA) is 38.3 Å². The number of aryl methyl sites for hydroxylation is 1. The summed E-state index contributed by atoms with van der Waals surface area (Å²) in [7, 11) is 1.44. The number of amides is 1. The smallest absolute Gasteiger partial charge is 0.285 e. The Labute approximate surface area is 113 Å². The first kappa shape index (κ1) is 15.0. The first-order chi connectivity index (χ1) is 8.43. The van der Waals surface area contributed by atoms with E-state index in [4.69, 9.17) is 16.3 Å². The molecule has 0 spiro atoms. The van der Waals surface area contributed by atoms with Gasteiger partial charge in [-0.05, 0) is 18.6 Å². The predicted molar refractivity (Wildman–Crippen MR) is 69.8 cm³/mol. The molecule has 0 radical (unpaired) electrons. The fourth-order valence-electron chi connectivity index (χ4n) is 1.25. The van der Waals surface area contributed by atoms with Crippen molar-refractivity contribution < 1.29 is 18.3 Å². The Balaban J connectivity index is 2.77. The molecule has 0 saturated heterocycles. The number of hydrogen-bond acceptors (Lipinski definition) is 3. The molecule has 1 rings (SSSR count).